The number of aromatic nitrogens is 2. The molecule has 0 spiro atoms. The largest absolute Gasteiger partial charge is 0.497 e. The van der Waals surface area contributed by atoms with Gasteiger partial charge in [-0.15, -0.1) is 0 Å². The van der Waals surface area contributed by atoms with E-state index in [4.69, 9.17) is 16.3 Å². The van der Waals surface area contributed by atoms with E-state index in [0.29, 0.717) is 29.6 Å². The zero-order valence-corrected chi connectivity index (χ0v) is 16.7. The molecule has 0 aliphatic carbocycles. The fourth-order valence-corrected chi connectivity index (χ4v) is 3.73. The lowest BCUT2D eigenvalue weighted by molar-refractivity contribution is 0.415. The van der Waals surface area contributed by atoms with E-state index in [1.165, 1.54) is 6.07 Å². The van der Waals surface area contributed by atoms with Crippen molar-refractivity contribution in [2.75, 3.05) is 43.1 Å². The zero-order valence-electron chi connectivity index (χ0n) is 16.0. The van der Waals surface area contributed by atoms with E-state index in [9.17, 15) is 9.59 Å². The first-order valence-electron chi connectivity index (χ1n) is 9.32. The number of methoxy groups -OCH3 is 1. The molecule has 0 saturated carbocycles. The summed E-state index contributed by atoms with van der Waals surface area (Å²) in [6.07, 6.45) is 0. The van der Waals surface area contributed by atoms with E-state index >= 15 is 0 Å². The number of para-hydroxylation sites is 1. The number of hydrogen-bond donors (Lipinski definition) is 1. The molecule has 2 aromatic carbocycles. The van der Waals surface area contributed by atoms with E-state index in [1.807, 2.05) is 29.2 Å². The van der Waals surface area contributed by atoms with Crippen molar-refractivity contribution < 1.29 is 4.74 Å². The van der Waals surface area contributed by atoms with Crippen LogP contribution in [-0.2, 0) is 0 Å². The normalized spacial score (nSPS) is 14.1. The van der Waals surface area contributed by atoms with Crippen molar-refractivity contribution in [2.45, 2.75) is 0 Å². The number of nitrogens with one attached hydrogen (secondary N) is 1. The monoisotopic (exact) mass is 412 g/mol. The van der Waals surface area contributed by atoms with E-state index in [1.54, 1.807) is 31.4 Å². The van der Waals surface area contributed by atoms with Crippen molar-refractivity contribution in [1.29, 1.82) is 0 Å². The molecule has 4 rings (SSSR count). The van der Waals surface area contributed by atoms with Gasteiger partial charge in [0.1, 0.15) is 11.6 Å². The molecule has 7 nitrogen and oxygen atoms in total. The summed E-state index contributed by atoms with van der Waals surface area (Å²) >= 11 is 6.15. The molecule has 8 heteroatoms. The van der Waals surface area contributed by atoms with Crippen LogP contribution in [0.5, 0.6) is 5.75 Å². The SMILES string of the molecule is COc1ccc(N2CCN(c3cc(=O)n(-c4ccccc4Cl)c(=O)[nH]3)CC2)cc1. The van der Waals surface area contributed by atoms with Gasteiger partial charge in [-0.3, -0.25) is 9.78 Å². The van der Waals surface area contributed by atoms with Gasteiger partial charge in [0.05, 0.1) is 17.8 Å². The lowest BCUT2D eigenvalue weighted by atomic mass is 10.2. The lowest BCUT2D eigenvalue weighted by Gasteiger charge is -2.37. The fourth-order valence-electron chi connectivity index (χ4n) is 3.51. The molecule has 0 amide bonds. The van der Waals surface area contributed by atoms with Crippen LogP contribution < -0.4 is 25.8 Å². The topological polar surface area (TPSA) is 70.6 Å². The quantitative estimate of drug-likeness (QED) is 0.713. The van der Waals surface area contributed by atoms with Crippen LogP contribution in [0.1, 0.15) is 0 Å². The maximum Gasteiger partial charge on any atom is 0.334 e. The first-order chi connectivity index (χ1) is 14.1. The summed E-state index contributed by atoms with van der Waals surface area (Å²) in [6, 6.07) is 16.2. The highest BCUT2D eigenvalue weighted by Crippen LogP contribution is 2.22. The minimum Gasteiger partial charge on any atom is -0.497 e. The van der Waals surface area contributed by atoms with Gasteiger partial charge < -0.3 is 14.5 Å². The third-order valence-corrected chi connectivity index (χ3v) is 5.39. The Morgan fingerprint density at radius 1 is 0.931 bits per heavy atom. The second-order valence-electron chi connectivity index (χ2n) is 6.76. The number of anilines is 2. The van der Waals surface area contributed by atoms with Gasteiger partial charge in [0.25, 0.3) is 5.56 Å². The number of hydrogen-bond acceptors (Lipinski definition) is 5. The molecule has 29 heavy (non-hydrogen) atoms. The van der Waals surface area contributed by atoms with Crippen molar-refractivity contribution in [1.82, 2.24) is 9.55 Å². The second kappa shape index (κ2) is 8.05. The van der Waals surface area contributed by atoms with Crippen molar-refractivity contribution in [3.63, 3.8) is 0 Å². The average Bonchev–Trinajstić information content (AvgIpc) is 2.75. The molecule has 0 unspecified atom stereocenters. The zero-order chi connectivity index (χ0) is 20.4. The van der Waals surface area contributed by atoms with Gasteiger partial charge in [-0.1, -0.05) is 23.7 Å². The van der Waals surface area contributed by atoms with Crippen LogP contribution in [0.2, 0.25) is 5.02 Å². The van der Waals surface area contributed by atoms with Crippen molar-refractivity contribution >= 4 is 23.1 Å². The molecule has 150 valence electrons. The summed E-state index contributed by atoms with van der Waals surface area (Å²) in [5, 5.41) is 0.348. The molecule has 1 fully saturated rings. The highest BCUT2D eigenvalue weighted by Gasteiger charge is 2.20. The van der Waals surface area contributed by atoms with Crippen molar-refractivity contribution in [3.8, 4) is 11.4 Å². The minimum absolute atomic E-state index is 0.348. The number of H-pyrrole nitrogens is 1. The molecular weight excluding hydrogens is 392 g/mol. The van der Waals surface area contributed by atoms with Crippen LogP contribution in [0.15, 0.2) is 64.2 Å². The molecule has 1 saturated heterocycles. The Morgan fingerprint density at radius 2 is 1.59 bits per heavy atom. The molecular formula is C21H21ClN4O3. The molecule has 3 aromatic rings. The van der Waals surface area contributed by atoms with E-state index in [0.717, 1.165) is 29.1 Å². The van der Waals surface area contributed by atoms with Gasteiger partial charge in [-0.2, -0.15) is 0 Å². The fraction of sp³-hybridized carbons (Fsp3) is 0.238. The summed E-state index contributed by atoms with van der Waals surface area (Å²) < 4.78 is 6.26. The van der Waals surface area contributed by atoms with Crippen LogP contribution in [0.25, 0.3) is 5.69 Å². The number of aromatic amines is 1. The number of rotatable bonds is 4. The Bertz CT molecular complexity index is 1080. The molecule has 1 aliphatic rings. The Kier molecular flexibility index (Phi) is 5.31. The lowest BCUT2D eigenvalue weighted by Crippen LogP contribution is -2.48. The summed E-state index contributed by atoms with van der Waals surface area (Å²) in [5.74, 6) is 1.35. The van der Waals surface area contributed by atoms with Crippen LogP contribution in [0.4, 0.5) is 11.5 Å². The Hall–Kier alpha value is -3.19. The Balaban J connectivity index is 1.52. The van der Waals surface area contributed by atoms with Gasteiger partial charge in [0.2, 0.25) is 0 Å². The molecule has 2 heterocycles. The third kappa shape index (κ3) is 3.86. The molecule has 0 bridgehead atoms. The maximum absolute atomic E-state index is 12.6. The summed E-state index contributed by atoms with van der Waals surface area (Å²) in [7, 11) is 1.65. The molecule has 1 N–H and O–H groups in total. The number of piperazine rings is 1. The van der Waals surface area contributed by atoms with Crippen LogP contribution >= 0.6 is 11.6 Å². The number of halogens is 1. The Morgan fingerprint density at radius 3 is 2.21 bits per heavy atom. The van der Waals surface area contributed by atoms with Crippen LogP contribution in [-0.4, -0.2) is 42.8 Å². The standard InChI is InChI=1S/C21H21ClN4O3/c1-29-16-8-6-15(7-9-16)24-10-12-25(13-11-24)19-14-20(27)26(21(28)23-19)18-5-3-2-4-17(18)22/h2-9,14H,10-13H2,1H3,(H,23,28). The first kappa shape index (κ1) is 19.1. The molecule has 0 radical (unpaired) electrons. The molecule has 1 aliphatic heterocycles. The molecule has 1 aromatic heterocycles. The number of ether oxygens (including phenoxy) is 1. The first-order valence-corrected chi connectivity index (χ1v) is 9.70. The smallest absolute Gasteiger partial charge is 0.334 e. The number of benzene rings is 2. The third-order valence-electron chi connectivity index (χ3n) is 5.07. The predicted octanol–water partition coefficient (Wildman–Crippen LogP) is 2.51. The molecule has 0 atom stereocenters. The van der Waals surface area contributed by atoms with E-state index < -0.39 is 11.2 Å². The highest BCUT2D eigenvalue weighted by molar-refractivity contribution is 6.32. The van der Waals surface area contributed by atoms with Gasteiger partial charge >= 0.3 is 5.69 Å². The van der Waals surface area contributed by atoms with Gasteiger partial charge in [-0.25, -0.2) is 9.36 Å². The van der Waals surface area contributed by atoms with Crippen molar-refractivity contribution in [2.24, 2.45) is 0 Å². The minimum atomic E-state index is -0.502. The number of nitrogens with zero attached hydrogens (tertiary/aromatic N) is 3. The van der Waals surface area contributed by atoms with Gasteiger partial charge in [-0.05, 0) is 36.4 Å². The van der Waals surface area contributed by atoms with E-state index in [-0.39, 0.29) is 0 Å². The van der Waals surface area contributed by atoms with Crippen LogP contribution in [0.3, 0.4) is 0 Å². The maximum atomic E-state index is 12.6. The second-order valence-corrected chi connectivity index (χ2v) is 7.16. The summed E-state index contributed by atoms with van der Waals surface area (Å²) in [5.41, 5.74) is 0.581. The van der Waals surface area contributed by atoms with Gasteiger partial charge in [0, 0.05) is 37.9 Å². The predicted molar refractivity (Wildman–Crippen MR) is 115 cm³/mol. The summed E-state index contributed by atoms with van der Waals surface area (Å²) in [4.78, 5) is 32.3. The van der Waals surface area contributed by atoms with Crippen LogP contribution in [0, 0.1) is 0 Å². The van der Waals surface area contributed by atoms with E-state index in [2.05, 4.69) is 9.88 Å². The summed E-state index contributed by atoms with van der Waals surface area (Å²) in [6.45, 7) is 2.94. The van der Waals surface area contributed by atoms with Crippen molar-refractivity contribution in [3.05, 3.63) is 80.5 Å². The Labute approximate surface area is 172 Å². The highest BCUT2D eigenvalue weighted by atomic mass is 35.5. The van der Waals surface area contributed by atoms with Gasteiger partial charge in [0.15, 0.2) is 0 Å². The average molecular weight is 413 g/mol.